The van der Waals surface area contributed by atoms with Crippen LogP contribution >= 0.6 is 27.3 Å². The van der Waals surface area contributed by atoms with Crippen LogP contribution in [0.3, 0.4) is 0 Å². The Kier molecular flexibility index (Phi) is 3.78. The molecule has 4 aromatic rings. The largest absolute Gasteiger partial charge is 0.398 e. The Balaban J connectivity index is 1.99. The van der Waals surface area contributed by atoms with Crippen molar-refractivity contribution in [2.45, 2.75) is 4.90 Å². The number of hydrogen-bond acceptors (Lipinski definition) is 6. The Hall–Kier alpha value is -2.03. The number of halogens is 1. The first-order valence-electron chi connectivity index (χ1n) is 7.26. The molecule has 8 heteroatoms. The number of sulfone groups is 1. The van der Waals surface area contributed by atoms with Crippen molar-refractivity contribution in [1.29, 1.82) is 0 Å². The summed E-state index contributed by atoms with van der Waals surface area (Å²) in [5, 5.41) is 0.611. The monoisotopic (exact) mass is 433 g/mol. The molecule has 126 valence electrons. The first kappa shape index (κ1) is 16.4. The van der Waals surface area contributed by atoms with E-state index in [0.717, 1.165) is 21.3 Å². The van der Waals surface area contributed by atoms with E-state index >= 15 is 0 Å². The maximum Gasteiger partial charge on any atom is 0.176 e. The summed E-state index contributed by atoms with van der Waals surface area (Å²) < 4.78 is 25.5. The third-order valence-electron chi connectivity index (χ3n) is 4.00. The van der Waals surface area contributed by atoms with Gasteiger partial charge < -0.3 is 5.73 Å². The average Bonchev–Trinajstić information content (AvgIpc) is 3.01. The summed E-state index contributed by atoms with van der Waals surface area (Å²) in [5.74, 6) is 0. The minimum atomic E-state index is -3.38. The SMILES string of the molecule is CS(=O)(=O)c1cc2c(N)c(-c3ccc4scnc4c3)cnc2cc1Br. The Labute approximate surface area is 156 Å². The van der Waals surface area contributed by atoms with Gasteiger partial charge in [0.25, 0.3) is 0 Å². The minimum absolute atomic E-state index is 0.195. The summed E-state index contributed by atoms with van der Waals surface area (Å²) in [5.41, 5.74) is 11.8. The Morgan fingerprint density at radius 2 is 1.92 bits per heavy atom. The fourth-order valence-corrected chi connectivity index (χ4v) is 5.37. The summed E-state index contributed by atoms with van der Waals surface area (Å²) in [6, 6.07) is 9.17. The number of nitrogen functional groups attached to an aromatic ring is 1. The molecule has 0 radical (unpaired) electrons. The number of anilines is 1. The quantitative estimate of drug-likeness (QED) is 0.510. The van der Waals surface area contributed by atoms with Crippen molar-refractivity contribution in [2.75, 3.05) is 12.0 Å². The molecule has 2 heterocycles. The van der Waals surface area contributed by atoms with Crippen molar-refractivity contribution in [1.82, 2.24) is 9.97 Å². The standard InChI is InChI=1S/C17H12BrN3O2S2/c1-25(22,23)16-5-10-13(6-12(16)18)20-7-11(17(10)19)9-2-3-15-14(4-9)21-8-24-15/h2-8H,1H3,(H2,19,20). The van der Waals surface area contributed by atoms with Gasteiger partial charge in [0.1, 0.15) is 0 Å². The molecule has 4 rings (SSSR count). The number of benzene rings is 2. The van der Waals surface area contributed by atoms with Crippen LogP contribution in [-0.2, 0) is 9.84 Å². The number of fused-ring (bicyclic) bond motifs is 2. The zero-order valence-electron chi connectivity index (χ0n) is 13.0. The normalized spacial score (nSPS) is 12.1. The highest BCUT2D eigenvalue weighted by Crippen LogP contribution is 2.36. The molecule has 0 unspecified atom stereocenters. The zero-order valence-corrected chi connectivity index (χ0v) is 16.2. The molecule has 0 aliphatic carbocycles. The molecule has 0 aliphatic heterocycles. The predicted octanol–water partition coefficient (Wildman–Crippen LogP) is 4.26. The maximum atomic E-state index is 12.0. The van der Waals surface area contributed by atoms with E-state index in [9.17, 15) is 8.42 Å². The maximum absolute atomic E-state index is 12.0. The minimum Gasteiger partial charge on any atom is -0.398 e. The van der Waals surface area contributed by atoms with Gasteiger partial charge in [0.05, 0.1) is 31.8 Å². The summed E-state index contributed by atoms with van der Waals surface area (Å²) >= 11 is 4.87. The zero-order chi connectivity index (χ0) is 17.8. The van der Waals surface area contributed by atoms with Crippen LogP contribution in [0.15, 0.2) is 51.4 Å². The highest BCUT2D eigenvalue weighted by molar-refractivity contribution is 9.10. The van der Waals surface area contributed by atoms with Crippen LogP contribution in [-0.4, -0.2) is 24.6 Å². The Bertz CT molecular complexity index is 1250. The van der Waals surface area contributed by atoms with Gasteiger partial charge in [-0.1, -0.05) is 6.07 Å². The molecule has 5 nitrogen and oxygen atoms in total. The second kappa shape index (κ2) is 5.76. The molecule has 0 aliphatic rings. The molecular weight excluding hydrogens is 422 g/mol. The lowest BCUT2D eigenvalue weighted by Gasteiger charge is -2.11. The number of nitrogens with zero attached hydrogens (tertiary/aromatic N) is 2. The molecule has 2 N–H and O–H groups in total. The van der Waals surface area contributed by atoms with E-state index in [2.05, 4.69) is 25.9 Å². The second-order valence-electron chi connectivity index (χ2n) is 5.69. The highest BCUT2D eigenvalue weighted by atomic mass is 79.9. The van der Waals surface area contributed by atoms with Gasteiger partial charge in [-0.3, -0.25) is 4.98 Å². The number of hydrogen-bond donors (Lipinski definition) is 1. The number of thiazole rings is 1. The number of rotatable bonds is 2. The van der Waals surface area contributed by atoms with E-state index in [1.807, 2.05) is 18.2 Å². The van der Waals surface area contributed by atoms with Gasteiger partial charge in [0.2, 0.25) is 0 Å². The average molecular weight is 434 g/mol. The van der Waals surface area contributed by atoms with Gasteiger partial charge in [0, 0.05) is 27.9 Å². The van der Waals surface area contributed by atoms with E-state index in [-0.39, 0.29) is 4.90 Å². The first-order chi connectivity index (χ1) is 11.8. The van der Waals surface area contributed by atoms with Crippen LogP contribution in [0.2, 0.25) is 0 Å². The van der Waals surface area contributed by atoms with Crippen LogP contribution in [0.25, 0.3) is 32.2 Å². The molecule has 0 spiro atoms. The van der Waals surface area contributed by atoms with Gasteiger partial charge in [-0.05, 0) is 45.8 Å². The molecule has 2 aromatic carbocycles. The third kappa shape index (κ3) is 2.80. The molecule has 0 fully saturated rings. The van der Waals surface area contributed by atoms with E-state index in [0.29, 0.717) is 21.1 Å². The van der Waals surface area contributed by atoms with Gasteiger partial charge in [-0.25, -0.2) is 13.4 Å². The third-order valence-corrected chi connectivity index (χ3v) is 6.87. The Morgan fingerprint density at radius 1 is 1.12 bits per heavy atom. The van der Waals surface area contributed by atoms with Crippen molar-refractivity contribution in [3.05, 3.63) is 46.5 Å². The van der Waals surface area contributed by atoms with Crippen LogP contribution in [0, 0.1) is 0 Å². The summed E-state index contributed by atoms with van der Waals surface area (Å²) in [7, 11) is -3.38. The van der Waals surface area contributed by atoms with Gasteiger partial charge in [0.15, 0.2) is 9.84 Å². The van der Waals surface area contributed by atoms with Crippen LogP contribution in [0.1, 0.15) is 0 Å². The lowest BCUT2D eigenvalue weighted by molar-refractivity contribution is 0.601. The molecule has 0 saturated carbocycles. The van der Waals surface area contributed by atoms with Crippen LogP contribution < -0.4 is 5.73 Å². The number of aromatic nitrogens is 2. The summed E-state index contributed by atoms with van der Waals surface area (Å²) in [6.45, 7) is 0. The van der Waals surface area contributed by atoms with Crippen LogP contribution in [0.4, 0.5) is 5.69 Å². The lowest BCUT2D eigenvalue weighted by Crippen LogP contribution is -2.01. The van der Waals surface area contributed by atoms with E-state index < -0.39 is 9.84 Å². The summed E-state index contributed by atoms with van der Waals surface area (Å²) in [4.78, 5) is 8.97. The van der Waals surface area contributed by atoms with Gasteiger partial charge >= 0.3 is 0 Å². The van der Waals surface area contributed by atoms with Crippen LogP contribution in [0.5, 0.6) is 0 Å². The molecule has 0 saturated heterocycles. The molecule has 0 bridgehead atoms. The number of nitrogens with two attached hydrogens (primary N) is 1. The second-order valence-corrected chi connectivity index (χ2v) is 9.42. The van der Waals surface area contributed by atoms with Crippen molar-refractivity contribution < 1.29 is 8.42 Å². The topological polar surface area (TPSA) is 85.9 Å². The fraction of sp³-hybridized carbons (Fsp3) is 0.0588. The molecular formula is C17H12BrN3O2S2. The first-order valence-corrected chi connectivity index (χ1v) is 10.8. The lowest BCUT2D eigenvalue weighted by atomic mass is 10.0. The smallest absolute Gasteiger partial charge is 0.176 e. The predicted molar refractivity (Wildman–Crippen MR) is 106 cm³/mol. The number of pyridine rings is 1. The van der Waals surface area contributed by atoms with Crippen molar-refractivity contribution >= 4 is 63.9 Å². The molecule has 25 heavy (non-hydrogen) atoms. The highest BCUT2D eigenvalue weighted by Gasteiger charge is 2.16. The molecule has 0 atom stereocenters. The van der Waals surface area contributed by atoms with Gasteiger partial charge in [-0.2, -0.15) is 0 Å². The van der Waals surface area contributed by atoms with E-state index in [1.165, 1.54) is 6.26 Å². The fourth-order valence-electron chi connectivity index (χ4n) is 2.75. The van der Waals surface area contributed by atoms with Crippen molar-refractivity contribution in [3.8, 4) is 11.1 Å². The molecule has 0 amide bonds. The van der Waals surface area contributed by atoms with Crippen molar-refractivity contribution in [3.63, 3.8) is 0 Å². The van der Waals surface area contributed by atoms with Gasteiger partial charge in [-0.15, -0.1) is 11.3 Å². The van der Waals surface area contributed by atoms with E-state index in [4.69, 9.17) is 5.73 Å². The molecule has 2 aromatic heterocycles. The summed E-state index contributed by atoms with van der Waals surface area (Å²) in [6.07, 6.45) is 2.88. The Morgan fingerprint density at radius 3 is 2.68 bits per heavy atom. The van der Waals surface area contributed by atoms with Crippen molar-refractivity contribution in [2.24, 2.45) is 0 Å². The van der Waals surface area contributed by atoms with E-state index in [1.54, 1.807) is 35.2 Å².